The SMILES string of the molecule is CCOC(=O)c1cc(=O)c2c(C)c3c(c(C)c2o1)OC(C)(C)C(C)C3. The fourth-order valence-electron chi connectivity index (χ4n) is 3.37. The molecule has 1 atom stereocenters. The number of rotatable bonds is 2. The van der Waals surface area contributed by atoms with Gasteiger partial charge in [0.25, 0.3) is 0 Å². The van der Waals surface area contributed by atoms with Crippen molar-refractivity contribution in [3.8, 4) is 5.75 Å². The van der Waals surface area contributed by atoms with Gasteiger partial charge >= 0.3 is 5.97 Å². The predicted octanol–water partition coefficient (Wildman–Crippen LogP) is 3.94. The van der Waals surface area contributed by atoms with Crippen molar-refractivity contribution >= 4 is 16.9 Å². The number of aryl methyl sites for hydroxylation is 2. The van der Waals surface area contributed by atoms with E-state index in [0.29, 0.717) is 16.9 Å². The highest BCUT2D eigenvalue weighted by molar-refractivity contribution is 5.92. The lowest BCUT2D eigenvalue weighted by Crippen LogP contribution is -2.41. The molecule has 2 heterocycles. The van der Waals surface area contributed by atoms with Crippen LogP contribution in [0, 0.1) is 19.8 Å². The molecule has 0 N–H and O–H groups in total. The highest BCUT2D eigenvalue weighted by Crippen LogP contribution is 2.43. The summed E-state index contributed by atoms with van der Waals surface area (Å²) in [6.07, 6.45) is 0.837. The highest BCUT2D eigenvalue weighted by Gasteiger charge is 2.36. The van der Waals surface area contributed by atoms with Gasteiger partial charge < -0.3 is 13.9 Å². The van der Waals surface area contributed by atoms with Gasteiger partial charge in [0, 0.05) is 11.6 Å². The van der Waals surface area contributed by atoms with E-state index in [-0.39, 0.29) is 23.4 Å². The standard InChI is InChI=1S/C20H24O5/c1-7-23-19(22)15-9-14(21)16-11(3)13-8-10(2)20(5,6)25-17(13)12(4)18(16)24-15/h9-10H,7-8H2,1-6H3. The molecule has 3 rings (SSSR count). The second kappa shape index (κ2) is 5.90. The smallest absolute Gasteiger partial charge is 0.374 e. The second-order valence-electron chi connectivity index (χ2n) is 7.27. The van der Waals surface area contributed by atoms with Crippen LogP contribution in [0.2, 0.25) is 0 Å². The average molecular weight is 344 g/mol. The van der Waals surface area contributed by atoms with Crippen molar-refractivity contribution in [2.24, 2.45) is 5.92 Å². The molecule has 0 saturated carbocycles. The zero-order chi connectivity index (χ0) is 18.5. The fraction of sp³-hybridized carbons (Fsp3) is 0.500. The van der Waals surface area contributed by atoms with Crippen molar-refractivity contribution in [3.05, 3.63) is 38.7 Å². The number of carbonyl (C=O) groups is 1. The molecular weight excluding hydrogens is 320 g/mol. The number of fused-ring (bicyclic) bond motifs is 2. The first-order valence-corrected chi connectivity index (χ1v) is 8.63. The molecule has 0 aliphatic carbocycles. The Morgan fingerprint density at radius 2 is 2.00 bits per heavy atom. The molecule has 0 amide bonds. The van der Waals surface area contributed by atoms with Crippen molar-refractivity contribution in [1.82, 2.24) is 0 Å². The first-order valence-electron chi connectivity index (χ1n) is 8.63. The van der Waals surface area contributed by atoms with Gasteiger partial charge in [0.1, 0.15) is 16.9 Å². The van der Waals surface area contributed by atoms with Gasteiger partial charge in [-0.05, 0) is 58.1 Å². The molecule has 134 valence electrons. The minimum Gasteiger partial charge on any atom is -0.487 e. The Kier molecular flexibility index (Phi) is 4.13. The molecule has 0 saturated heterocycles. The van der Waals surface area contributed by atoms with Gasteiger partial charge in [-0.15, -0.1) is 0 Å². The summed E-state index contributed by atoms with van der Waals surface area (Å²) in [4.78, 5) is 24.7. The molecule has 1 aromatic carbocycles. The molecule has 0 spiro atoms. The summed E-state index contributed by atoms with van der Waals surface area (Å²) in [6, 6.07) is 1.22. The van der Waals surface area contributed by atoms with Crippen LogP contribution >= 0.6 is 0 Å². The van der Waals surface area contributed by atoms with Gasteiger partial charge in [-0.2, -0.15) is 0 Å². The Balaban J connectivity index is 2.31. The van der Waals surface area contributed by atoms with Gasteiger partial charge in [-0.1, -0.05) is 6.92 Å². The number of hydrogen-bond acceptors (Lipinski definition) is 5. The van der Waals surface area contributed by atoms with E-state index >= 15 is 0 Å². The largest absolute Gasteiger partial charge is 0.487 e. The topological polar surface area (TPSA) is 65.7 Å². The lowest BCUT2D eigenvalue weighted by molar-refractivity contribution is 0.0345. The molecule has 5 heteroatoms. The molecular formula is C20H24O5. The summed E-state index contributed by atoms with van der Waals surface area (Å²) < 4.78 is 17.0. The number of carbonyl (C=O) groups excluding carboxylic acids is 1. The molecule has 0 radical (unpaired) electrons. The third kappa shape index (κ3) is 2.71. The Morgan fingerprint density at radius 3 is 2.64 bits per heavy atom. The summed E-state index contributed by atoms with van der Waals surface area (Å²) in [5.41, 5.74) is 2.52. The average Bonchev–Trinajstić information content (AvgIpc) is 2.54. The first-order chi connectivity index (χ1) is 11.7. The number of hydrogen-bond donors (Lipinski definition) is 0. The Hall–Kier alpha value is -2.30. The van der Waals surface area contributed by atoms with Gasteiger partial charge in [0.15, 0.2) is 5.43 Å². The highest BCUT2D eigenvalue weighted by atomic mass is 16.5. The fourth-order valence-corrected chi connectivity index (χ4v) is 3.37. The third-order valence-electron chi connectivity index (χ3n) is 5.27. The molecule has 0 bridgehead atoms. The Labute approximate surface area is 146 Å². The summed E-state index contributed by atoms with van der Waals surface area (Å²) in [5.74, 6) is 0.370. The number of benzene rings is 1. The van der Waals surface area contributed by atoms with Crippen molar-refractivity contribution in [2.45, 2.75) is 53.6 Å². The van der Waals surface area contributed by atoms with Crippen LogP contribution in [0.25, 0.3) is 11.0 Å². The van der Waals surface area contributed by atoms with Crippen LogP contribution in [-0.4, -0.2) is 18.2 Å². The lowest BCUT2D eigenvalue weighted by Gasteiger charge is -2.39. The van der Waals surface area contributed by atoms with Crippen LogP contribution in [-0.2, 0) is 11.2 Å². The van der Waals surface area contributed by atoms with E-state index in [1.54, 1.807) is 6.92 Å². The van der Waals surface area contributed by atoms with E-state index < -0.39 is 5.97 Å². The van der Waals surface area contributed by atoms with Crippen LogP contribution in [0.4, 0.5) is 0 Å². The summed E-state index contributed by atoms with van der Waals surface area (Å²) >= 11 is 0. The van der Waals surface area contributed by atoms with Crippen LogP contribution in [0.15, 0.2) is 15.3 Å². The quantitative estimate of drug-likeness (QED) is 0.772. The van der Waals surface area contributed by atoms with E-state index in [1.807, 2.05) is 13.8 Å². The third-order valence-corrected chi connectivity index (χ3v) is 5.27. The normalized spacial score (nSPS) is 18.6. The number of esters is 1. The van der Waals surface area contributed by atoms with E-state index in [2.05, 4.69) is 20.8 Å². The molecule has 1 aromatic heterocycles. The number of ether oxygens (including phenoxy) is 2. The van der Waals surface area contributed by atoms with Crippen molar-refractivity contribution in [1.29, 1.82) is 0 Å². The van der Waals surface area contributed by atoms with Crippen molar-refractivity contribution < 1.29 is 18.7 Å². The van der Waals surface area contributed by atoms with Gasteiger partial charge in [-0.3, -0.25) is 4.79 Å². The molecule has 5 nitrogen and oxygen atoms in total. The van der Waals surface area contributed by atoms with E-state index in [4.69, 9.17) is 13.9 Å². The Bertz CT molecular complexity index is 920. The minimum absolute atomic E-state index is 0.0785. The first kappa shape index (κ1) is 17.5. The summed E-state index contributed by atoms with van der Waals surface area (Å²) in [5, 5.41) is 0.514. The maximum atomic E-state index is 12.7. The van der Waals surface area contributed by atoms with Gasteiger partial charge in [-0.25, -0.2) is 4.79 Å². The van der Waals surface area contributed by atoms with E-state index in [0.717, 1.165) is 28.9 Å². The van der Waals surface area contributed by atoms with Crippen LogP contribution in [0.5, 0.6) is 5.75 Å². The van der Waals surface area contributed by atoms with Crippen LogP contribution < -0.4 is 10.2 Å². The minimum atomic E-state index is -0.633. The zero-order valence-electron chi connectivity index (χ0n) is 15.6. The van der Waals surface area contributed by atoms with Crippen LogP contribution in [0.3, 0.4) is 0 Å². The van der Waals surface area contributed by atoms with Gasteiger partial charge in [0.05, 0.1) is 12.0 Å². The summed E-state index contributed by atoms with van der Waals surface area (Å²) in [6.45, 7) is 12.0. The molecule has 1 unspecified atom stereocenters. The second-order valence-corrected chi connectivity index (χ2v) is 7.27. The summed E-state index contributed by atoms with van der Waals surface area (Å²) in [7, 11) is 0. The predicted molar refractivity (Wildman–Crippen MR) is 95.5 cm³/mol. The maximum absolute atomic E-state index is 12.7. The van der Waals surface area contributed by atoms with Gasteiger partial charge in [0.2, 0.25) is 5.76 Å². The van der Waals surface area contributed by atoms with E-state index in [1.165, 1.54) is 6.07 Å². The molecule has 25 heavy (non-hydrogen) atoms. The molecule has 0 fully saturated rings. The maximum Gasteiger partial charge on any atom is 0.374 e. The van der Waals surface area contributed by atoms with Crippen molar-refractivity contribution in [2.75, 3.05) is 6.61 Å². The zero-order valence-corrected chi connectivity index (χ0v) is 15.6. The monoisotopic (exact) mass is 344 g/mol. The lowest BCUT2D eigenvalue weighted by atomic mass is 9.81. The molecule has 2 aromatic rings. The van der Waals surface area contributed by atoms with Crippen molar-refractivity contribution in [3.63, 3.8) is 0 Å². The molecule has 1 aliphatic heterocycles. The van der Waals surface area contributed by atoms with Crippen LogP contribution in [0.1, 0.15) is 54.9 Å². The molecule has 1 aliphatic rings. The van der Waals surface area contributed by atoms with E-state index in [9.17, 15) is 9.59 Å². The Morgan fingerprint density at radius 1 is 1.32 bits per heavy atom.